The van der Waals surface area contributed by atoms with Crippen LogP contribution in [0.5, 0.6) is 0 Å². The molecular weight excluding hydrogens is 172 g/mol. The fourth-order valence-electron chi connectivity index (χ4n) is 4.27. The van der Waals surface area contributed by atoms with E-state index in [1.807, 2.05) is 0 Å². The molecule has 3 saturated carbocycles. The molecule has 6 unspecified atom stereocenters. The average Bonchev–Trinajstić information content (AvgIpc) is 2.48. The highest BCUT2D eigenvalue weighted by Gasteiger charge is 2.68. The third kappa shape index (κ3) is 0.599. The highest BCUT2D eigenvalue weighted by Crippen LogP contribution is 2.66. The van der Waals surface area contributed by atoms with Gasteiger partial charge < -0.3 is 4.74 Å². The molecule has 2 bridgehead atoms. The fourth-order valence-corrected chi connectivity index (χ4v) is 4.68. The molecular formula is C10H13ClO. The van der Waals surface area contributed by atoms with Gasteiger partial charge >= 0.3 is 0 Å². The van der Waals surface area contributed by atoms with Gasteiger partial charge in [-0.1, -0.05) is 0 Å². The highest BCUT2D eigenvalue weighted by atomic mass is 35.5. The quantitative estimate of drug-likeness (QED) is 0.415. The second kappa shape index (κ2) is 1.85. The van der Waals surface area contributed by atoms with Crippen LogP contribution in [-0.2, 0) is 4.74 Å². The molecule has 3 aliphatic carbocycles. The number of halogens is 1. The van der Waals surface area contributed by atoms with Gasteiger partial charge in [0, 0.05) is 5.38 Å². The lowest BCUT2D eigenvalue weighted by Gasteiger charge is -2.20. The summed E-state index contributed by atoms with van der Waals surface area (Å²) in [6, 6.07) is 0. The monoisotopic (exact) mass is 184 g/mol. The van der Waals surface area contributed by atoms with Gasteiger partial charge in [0.05, 0.1) is 12.2 Å². The van der Waals surface area contributed by atoms with Crippen molar-refractivity contribution in [2.75, 3.05) is 0 Å². The van der Waals surface area contributed by atoms with E-state index in [1.165, 1.54) is 19.3 Å². The van der Waals surface area contributed by atoms with E-state index in [0.29, 0.717) is 17.6 Å². The lowest BCUT2D eigenvalue weighted by molar-refractivity contribution is 0.244. The summed E-state index contributed by atoms with van der Waals surface area (Å²) in [6.07, 6.45) is 5.38. The van der Waals surface area contributed by atoms with Gasteiger partial charge in [-0.15, -0.1) is 11.6 Å². The summed E-state index contributed by atoms with van der Waals surface area (Å²) >= 11 is 6.19. The van der Waals surface area contributed by atoms with E-state index < -0.39 is 0 Å². The van der Waals surface area contributed by atoms with Gasteiger partial charge in [0.2, 0.25) is 0 Å². The molecule has 0 aromatic heterocycles. The van der Waals surface area contributed by atoms with Gasteiger partial charge in [0.15, 0.2) is 0 Å². The van der Waals surface area contributed by atoms with Crippen LogP contribution < -0.4 is 0 Å². The molecule has 0 radical (unpaired) electrons. The molecule has 1 aliphatic heterocycles. The Balaban J connectivity index is 1.72. The summed E-state index contributed by atoms with van der Waals surface area (Å²) in [5.41, 5.74) is 0. The molecule has 4 aliphatic rings. The maximum atomic E-state index is 6.19. The van der Waals surface area contributed by atoms with Crippen LogP contribution in [0.3, 0.4) is 0 Å². The van der Waals surface area contributed by atoms with Crippen molar-refractivity contribution in [3.8, 4) is 0 Å². The topological polar surface area (TPSA) is 12.5 Å². The number of epoxide rings is 1. The first kappa shape index (κ1) is 6.67. The van der Waals surface area contributed by atoms with Crippen molar-refractivity contribution in [1.29, 1.82) is 0 Å². The Kier molecular flexibility index (Phi) is 1.03. The first-order valence-electron chi connectivity index (χ1n) is 5.14. The Labute approximate surface area is 77.4 Å². The molecule has 4 fully saturated rings. The molecule has 12 heavy (non-hydrogen) atoms. The minimum absolute atomic E-state index is 0.489. The lowest BCUT2D eigenvalue weighted by atomic mass is 9.82. The van der Waals surface area contributed by atoms with Crippen molar-refractivity contribution in [2.24, 2.45) is 23.7 Å². The second-order valence-electron chi connectivity index (χ2n) is 5.03. The molecule has 1 heterocycles. The minimum atomic E-state index is 0.489. The van der Waals surface area contributed by atoms with Gasteiger partial charge in [-0.05, 0) is 42.9 Å². The summed E-state index contributed by atoms with van der Waals surface area (Å²) < 4.78 is 5.67. The highest BCUT2D eigenvalue weighted by molar-refractivity contribution is 6.20. The number of rotatable bonds is 0. The summed E-state index contributed by atoms with van der Waals surface area (Å²) in [5.74, 6) is 3.71. The van der Waals surface area contributed by atoms with Gasteiger partial charge in [0.25, 0.3) is 0 Å². The molecule has 4 rings (SSSR count). The van der Waals surface area contributed by atoms with Crippen LogP contribution in [0, 0.1) is 23.7 Å². The largest absolute Gasteiger partial charge is 0.369 e. The predicted molar refractivity (Wildman–Crippen MR) is 46.1 cm³/mol. The van der Waals surface area contributed by atoms with Crippen molar-refractivity contribution in [2.45, 2.75) is 36.8 Å². The number of hydrogen-bond acceptors (Lipinski definition) is 1. The molecule has 0 amide bonds. The van der Waals surface area contributed by atoms with Crippen molar-refractivity contribution in [3.63, 3.8) is 0 Å². The van der Waals surface area contributed by atoms with Crippen LogP contribution in [0.25, 0.3) is 0 Å². The molecule has 0 aromatic carbocycles. The fraction of sp³-hybridized carbons (Fsp3) is 1.00. The Morgan fingerprint density at radius 2 is 1.42 bits per heavy atom. The Hall–Kier alpha value is 0.250. The van der Waals surface area contributed by atoms with Crippen LogP contribution in [-0.4, -0.2) is 17.6 Å². The maximum absolute atomic E-state index is 6.19. The van der Waals surface area contributed by atoms with Gasteiger partial charge in [0.1, 0.15) is 0 Å². The predicted octanol–water partition coefficient (Wildman–Crippen LogP) is 2.04. The molecule has 6 atom stereocenters. The molecule has 1 nitrogen and oxygen atoms in total. The van der Waals surface area contributed by atoms with Crippen LogP contribution in [0.15, 0.2) is 0 Å². The van der Waals surface area contributed by atoms with Crippen LogP contribution in [0.4, 0.5) is 0 Å². The van der Waals surface area contributed by atoms with Crippen LogP contribution >= 0.6 is 11.6 Å². The maximum Gasteiger partial charge on any atom is 0.0875 e. The van der Waals surface area contributed by atoms with Crippen molar-refractivity contribution in [3.05, 3.63) is 0 Å². The van der Waals surface area contributed by atoms with Crippen LogP contribution in [0.2, 0.25) is 0 Å². The minimum Gasteiger partial charge on any atom is -0.369 e. The van der Waals surface area contributed by atoms with E-state index >= 15 is 0 Å². The molecule has 0 N–H and O–H groups in total. The Morgan fingerprint density at radius 3 is 2.00 bits per heavy atom. The number of alkyl halides is 1. The zero-order valence-corrected chi connectivity index (χ0v) is 7.70. The molecule has 66 valence electrons. The average molecular weight is 185 g/mol. The third-order valence-electron chi connectivity index (χ3n) is 4.66. The lowest BCUT2D eigenvalue weighted by Crippen LogP contribution is -2.22. The van der Waals surface area contributed by atoms with Gasteiger partial charge in [-0.25, -0.2) is 0 Å². The van der Waals surface area contributed by atoms with E-state index in [4.69, 9.17) is 16.3 Å². The summed E-state index contributed by atoms with van der Waals surface area (Å²) in [4.78, 5) is 0. The molecule has 1 saturated heterocycles. The molecule has 0 spiro atoms. The summed E-state index contributed by atoms with van der Waals surface area (Å²) in [5, 5.41) is 0.489. The van der Waals surface area contributed by atoms with Gasteiger partial charge in [-0.3, -0.25) is 0 Å². The van der Waals surface area contributed by atoms with Crippen molar-refractivity contribution >= 4 is 11.6 Å². The van der Waals surface area contributed by atoms with E-state index in [2.05, 4.69) is 0 Å². The standard InChI is InChI=1S/C10H13ClO/c11-4-1-5-6(2-4)8-3-7(5)9-10(8)12-9/h4-10H,1-3H2. The smallest absolute Gasteiger partial charge is 0.0875 e. The van der Waals surface area contributed by atoms with E-state index in [9.17, 15) is 0 Å². The van der Waals surface area contributed by atoms with E-state index in [-0.39, 0.29) is 0 Å². The van der Waals surface area contributed by atoms with E-state index in [1.54, 1.807) is 0 Å². The normalized spacial score (nSPS) is 71.2. The number of hydrogen-bond donors (Lipinski definition) is 0. The van der Waals surface area contributed by atoms with Crippen molar-refractivity contribution in [1.82, 2.24) is 0 Å². The SMILES string of the molecule is ClC1CC2C(C1)C1CC2C2OC12. The molecule has 0 aromatic rings. The van der Waals surface area contributed by atoms with Crippen molar-refractivity contribution < 1.29 is 4.74 Å². The summed E-state index contributed by atoms with van der Waals surface area (Å²) in [6.45, 7) is 0. The number of fused-ring (bicyclic) bond motifs is 8. The zero-order valence-electron chi connectivity index (χ0n) is 6.95. The number of ether oxygens (including phenoxy) is 1. The first-order chi connectivity index (χ1) is 5.84. The van der Waals surface area contributed by atoms with E-state index in [0.717, 1.165) is 23.7 Å². The zero-order chi connectivity index (χ0) is 7.87. The third-order valence-corrected chi connectivity index (χ3v) is 5.01. The summed E-state index contributed by atoms with van der Waals surface area (Å²) in [7, 11) is 0. The van der Waals surface area contributed by atoms with Gasteiger partial charge in [-0.2, -0.15) is 0 Å². The second-order valence-corrected chi connectivity index (χ2v) is 5.64. The molecule has 2 heteroatoms. The first-order valence-corrected chi connectivity index (χ1v) is 5.58. The Morgan fingerprint density at radius 1 is 0.833 bits per heavy atom. The van der Waals surface area contributed by atoms with Crippen LogP contribution in [0.1, 0.15) is 19.3 Å². The Bertz CT molecular complexity index is 220.